The molecule has 0 aliphatic carbocycles. The second-order valence-corrected chi connectivity index (χ2v) is 5.92. The van der Waals surface area contributed by atoms with Crippen molar-refractivity contribution in [2.24, 2.45) is 0 Å². The van der Waals surface area contributed by atoms with Gasteiger partial charge < -0.3 is 10.2 Å². The lowest BCUT2D eigenvalue weighted by Crippen LogP contribution is -2.24. The largest absolute Gasteiger partial charge is 0.326 e. The molecule has 0 radical (unpaired) electrons. The van der Waals surface area contributed by atoms with Crippen molar-refractivity contribution in [2.75, 3.05) is 18.9 Å². The van der Waals surface area contributed by atoms with Gasteiger partial charge in [-0.05, 0) is 37.2 Å². The first-order chi connectivity index (χ1) is 10.5. The van der Waals surface area contributed by atoms with E-state index >= 15 is 0 Å². The van der Waals surface area contributed by atoms with Gasteiger partial charge in [0.1, 0.15) is 0 Å². The molecule has 1 N–H and O–H groups in total. The Balaban J connectivity index is 1.81. The summed E-state index contributed by atoms with van der Waals surface area (Å²) < 4.78 is 0. The highest BCUT2D eigenvalue weighted by Gasteiger charge is 2.07. The molecular weight excluding hydrogens is 296 g/mol. The minimum absolute atomic E-state index is 0.00489. The van der Waals surface area contributed by atoms with Crippen molar-refractivity contribution in [3.05, 3.63) is 64.7 Å². The second-order valence-electron chi connectivity index (χ2n) is 5.48. The number of hydrogen-bond donors (Lipinski definition) is 1. The van der Waals surface area contributed by atoms with Crippen LogP contribution in [0.25, 0.3) is 0 Å². The topological polar surface area (TPSA) is 32.3 Å². The van der Waals surface area contributed by atoms with Gasteiger partial charge in [0.2, 0.25) is 5.91 Å². The summed E-state index contributed by atoms with van der Waals surface area (Å²) in [6.45, 7) is 3.50. The summed E-state index contributed by atoms with van der Waals surface area (Å²) in [6, 6.07) is 15.7. The Kier molecular flexibility index (Phi) is 5.99. The number of carbonyl (C=O) groups is 1. The van der Waals surface area contributed by atoms with Gasteiger partial charge in [0, 0.05) is 30.2 Å². The van der Waals surface area contributed by atoms with Gasteiger partial charge in [-0.2, -0.15) is 0 Å². The summed E-state index contributed by atoms with van der Waals surface area (Å²) in [5.41, 5.74) is 3.04. The maximum Gasteiger partial charge on any atom is 0.225 e. The van der Waals surface area contributed by atoms with E-state index in [-0.39, 0.29) is 5.91 Å². The zero-order valence-corrected chi connectivity index (χ0v) is 13.7. The highest BCUT2D eigenvalue weighted by atomic mass is 35.5. The van der Waals surface area contributed by atoms with Gasteiger partial charge in [0.15, 0.2) is 0 Å². The molecule has 4 heteroatoms. The number of rotatable bonds is 6. The van der Waals surface area contributed by atoms with Crippen molar-refractivity contribution in [2.45, 2.75) is 19.9 Å². The third-order valence-electron chi connectivity index (χ3n) is 3.49. The molecule has 0 aliphatic heterocycles. The van der Waals surface area contributed by atoms with Crippen molar-refractivity contribution in [3.8, 4) is 0 Å². The molecule has 0 unspecified atom stereocenters. The highest BCUT2D eigenvalue weighted by Crippen LogP contribution is 2.20. The summed E-state index contributed by atoms with van der Waals surface area (Å²) in [6.07, 6.45) is 0.454. The van der Waals surface area contributed by atoms with E-state index in [0.29, 0.717) is 18.0 Å². The quantitative estimate of drug-likeness (QED) is 0.870. The number of halogens is 1. The molecule has 0 aromatic heterocycles. The van der Waals surface area contributed by atoms with Crippen molar-refractivity contribution >= 4 is 23.2 Å². The molecule has 0 heterocycles. The zero-order valence-electron chi connectivity index (χ0n) is 13.0. The maximum absolute atomic E-state index is 12.1. The Morgan fingerprint density at radius 3 is 2.64 bits per heavy atom. The van der Waals surface area contributed by atoms with Crippen LogP contribution in [0.15, 0.2) is 48.5 Å². The SMILES string of the molecule is Cc1ccc(Cl)cc1NC(=O)CCN(C)Cc1ccccc1. The third-order valence-corrected chi connectivity index (χ3v) is 3.72. The van der Waals surface area contributed by atoms with Gasteiger partial charge in [0.25, 0.3) is 0 Å². The van der Waals surface area contributed by atoms with Gasteiger partial charge in [0.05, 0.1) is 0 Å². The number of anilines is 1. The van der Waals surface area contributed by atoms with Crippen LogP contribution in [0.4, 0.5) is 5.69 Å². The molecule has 0 bridgehead atoms. The van der Waals surface area contributed by atoms with E-state index in [1.165, 1.54) is 5.56 Å². The summed E-state index contributed by atoms with van der Waals surface area (Å²) in [7, 11) is 2.02. The molecule has 2 rings (SSSR count). The number of nitrogens with zero attached hydrogens (tertiary/aromatic N) is 1. The molecule has 0 spiro atoms. The number of carbonyl (C=O) groups excluding carboxylic acids is 1. The smallest absolute Gasteiger partial charge is 0.225 e. The first kappa shape index (κ1) is 16.5. The summed E-state index contributed by atoms with van der Waals surface area (Å²) in [4.78, 5) is 14.2. The monoisotopic (exact) mass is 316 g/mol. The van der Waals surface area contributed by atoms with E-state index in [2.05, 4.69) is 22.3 Å². The van der Waals surface area contributed by atoms with E-state index in [4.69, 9.17) is 11.6 Å². The molecule has 0 saturated carbocycles. The van der Waals surface area contributed by atoms with Crippen LogP contribution in [0.1, 0.15) is 17.5 Å². The molecule has 0 fully saturated rings. The number of benzene rings is 2. The Hall–Kier alpha value is -1.84. The second kappa shape index (κ2) is 7.97. The summed E-state index contributed by atoms with van der Waals surface area (Å²) in [5.74, 6) is 0.00489. The predicted octanol–water partition coefficient (Wildman–Crippen LogP) is 4.11. The molecule has 22 heavy (non-hydrogen) atoms. The molecule has 116 valence electrons. The van der Waals surface area contributed by atoms with Crippen molar-refractivity contribution in [3.63, 3.8) is 0 Å². The summed E-state index contributed by atoms with van der Waals surface area (Å²) in [5, 5.41) is 3.55. The fourth-order valence-corrected chi connectivity index (χ4v) is 2.38. The molecule has 0 saturated heterocycles. The molecule has 0 aliphatic rings. The minimum Gasteiger partial charge on any atom is -0.326 e. The van der Waals surface area contributed by atoms with Gasteiger partial charge in [-0.3, -0.25) is 4.79 Å². The Bertz CT molecular complexity index is 628. The van der Waals surface area contributed by atoms with Crippen molar-refractivity contribution < 1.29 is 4.79 Å². The first-order valence-corrected chi connectivity index (χ1v) is 7.71. The third kappa shape index (κ3) is 5.17. The predicted molar refractivity (Wildman–Crippen MR) is 92.2 cm³/mol. The van der Waals surface area contributed by atoms with Crippen LogP contribution in [-0.2, 0) is 11.3 Å². The van der Waals surface area contributed by atoms with E-state index < -0.39 is 0 Å². The van der Waals surface area contributed by atoms with Gasteiger partial charge >= 0.3 is 0 Å². The normalized spacial score (nSPS) is 10.7. The molecule has 2 aromatic carbocycles. The van der Waals surface area contributed by atoms with Gasteiger partial charge in [-0.25, -0.2) is 0 Å². The minimum atomic E-state index is 0.00489. The highest BCUT2D eigenvalue weighted by molar-refractivity contribution is 6.31. The van der Waals surface area contributed by atoms with Crippen LogP contribution >= 0.6 is 11.6 Å². The molecular formula is C18H21ClN2O. The summed E-state index contributed by atoms with van der Waals surface area (Å²) >= 11 is 5.96. The van der Waals surface area contributed by atoms with Crippen LogP contribution in [0, 0.1) is 6.92 Å². The molecule has 2 aromatic rings. The van der Waals surface area contributed by atoms with Crippen LogP contribution in [0.5, 0.6) is 0 Å². The Morgan fingerprint density at radius 2 is 1.91 bits per heavy atom. The lowest BCUT2D eigenvalue weighted by molar-refractivity contribution is -0.116. The van der Waals surface area contributed by atoms with E-state index in [1.807, 2.05) is 44.3 Å². The van der Waals surface area contributed by atoms with Gasteiger partial charge in [-0.15, -0.1) is 0 Å². The molecule has 3 nitrogen and oxygen atoms in total. The van der Waals surface area contributed by atoms with Crippen LogP contribution in [-0.4, -0.2) is 24.4 Å². The van der Waals surface area contributed by atoms with Crippen LogP contribution in [0.3, 0.4) is 0 Å². The van der Waals surface area contributed by atoms with Crippen LogP contribution < -0.4 is 5.32 Å². The molecule has 1 amide bonds. The van der Waals surface area contributed by atoms with Crippen molar-refractivity contribution in [1.29, 1.82) is 0 Å². The van der Waals surface area contributed by atoms with E-state index in [1.54, 1.807) is 6.07 Å². The Morgan fingerprint density at radius 1 is 1.18 bits per heavy atom. The average Bonchev–Trinajstić information content (AvgIpc) is 2.50. The zero-order chi connectivity index (χ0) is 15.9. The lowest BCUT2D eigenvalue weighted by atomic mass is 10.2. The average molecular weight is 317 g/mol. The number of nitrogens with one attached hydrogen (secondary N) is 1. The fraction of sp³-hybridized carbons (Fsp3) is 0.278. The molecule has 0 atom stereocenters. The number of amides is 1. The Labute approximate surface area is 136 Å². The lowest BCUT2D eigenvalue weighted by Gasteiger charge is -2.16. The van der Waals surface area contributed by atoms with Crippen LogP contribution in [0.2, 0.25) is 5.02 Å². The standard InChI is InChI=1S/C18H21ClN2O/c1-14-8-9-16(19)12-17(14)20-18(22)10-11-21(2)13-15-6-4-3-5-7-15/h3-9,12H,10-11,13H2,1-2H3,(H,20,22). The number of hydrogen-bond acceptors (Lipinski definition) is 2. The van der Waals surface area contributed by atoms with Crippen molar-refractivity contribution in [1.82, 2.24) is 4.90 Å². The maximum atomic E-state index is 12.1. The van der Waals surface area contributed by atoms with E-state index in [0.717, 1.165) is 17.8 Å². The number of aryl methyl sites for hydroxylation is 1. The fourth-order valence-electron chi connectivity index (χ4n) is 2.21. The van der Waals surface area contributed by atoms with Gasteiger partial charge in [-0.1, -0.05) is 48.0 Å². The first-order valence-electron chi connectivity index (χ1n) is 7.33. The van der Waals surface area contributed by atoms with E-state index in [9.17, 15) is 4.79 Å².